The highest BCUT2D eigenvalue weighted by molar-refractivity contribution is 5.79. The molecule has 1 amide bonds. The molecule has 1 fully saturated rings. The molecule has 2 atom stereocenters. The van der Waals surface area contributed by atoms with E-state index < -0.39 is 0 Å². The van der Waals surface area contributed by atoms with Crippen LogP contribution in [-0.2, 0) is 16.1 Å². The zero-order valence-electron chi connectivity index (χ0n) is 12.0. The van der Waals surface area contributed by atoms with Crippen molar-refractivity contribution < 1.29 is 9.53 Å². The standard InChI is InChI=1S/C14H22N4O2/c1-9(2)12-11(4-3-5-20-12)14(19)17-7-10-6-16-8-18-13(10)15/h6,8-9,11-12H,3-5,7H2,1-2H3,(H,17,19)(H2,15,16,18). The maximum absolute atomic E-state index is 12.3. The SMILES string of the molecule is CC(C)C1OCCCC1C(=O)NCc1cncnc1N. The van der Waals surface area contributed by atoms with E-state index in [1.807, 2.05) is 0 Å². The molecule has 1 aromatic rings. The van der Waals surface area contributed by atoms with E-state index in [0.717, 1.165) is 25.0 Å². The predicted molar refractivity (Wildman–Crippen MR) is 75.6 cm³/mol. The van der Waals surface area contributed by atoms with Crippen LogP contribution < -0.4 is 11.1 Å². The number of carbonyl (C=O) groups is 1. The van der Waals surface area contributed by atoms with Crippen LogP contribution in [0.4, 0.5) is 5.82 Å². The van der Waals surface area contributed by atoms with Gasteiger partial charge < -0.3 is 15.8 Å². The lowest BCUT2D eigenvalue weighted by Gasteiger charge is -2.33. The summed E-state index contributed by atoms with van der Waals surface area (Å²) in [5.74, 6) is 0.665. The monoisotopic (exact) mass is 278 g/mol. The number of anilines is 1. The molecule has 1 saturated heterocycles. The summed E-state index contributed by atoms with van der Waals surface area (Å²) in [4.78, 5) is 20.1. The molecule has 0 bridgehead atoms. The van der Waals surface area contributed by atoms with Crippen LogP contribution in [0, 0.1) is 11.8 Å². The number of rotatable bonds is 4. The van der Waals surface area contributed by atoms with Gasteiger partial charge in [0.25, 0.3) is 0 Å². The highest BCUT2D eigenvalue weighted by atomic mass is 16.5. The second kappa shape index (κ2) is 6.65. The third kappa shape index (κ3) is 3.45. The van der Waals surface area contributed by atoms with Crippen molar-refractivity contribution in [2.75, 3.05) is 12.3 Å². The van der Waals surface area contributed by atoms with Gasteiger partial charge in [-0.2, -0.15) is 0 Å². The van der Waals surface area contributed by atoms with Gasteiger partial charge >= 0.3 is 0 Å². The molecule has 110 valence electrons. The maximum Gasteiger partial charge on any atom is 0.226 e. The van der Waals surface area contributed by atoms with Crippen molar-refractivity contribution in [1.29, 1.82) is 0 Å². The smallest absolute Gasteiger partial charge is 0.226 e. The maximum atomic E-state index is 12.3. The summed E-state index contributed by atoms with van der Waals surface area (Å²) < 4.78 is 5.74. The van der Waals surface area contributed by atoms with E-state index in [1.54, 1.807) is 6.20 Å². The molecule has 2 heterocycles. The average molecular weight is 278 g/mol. The van der Waals surface area contributed by atoms with Gasteiger partial charge in [0.15, 0.2) is 0 Å². The molecule has 3 N–H and O–H groups in total. The van der Waals surface area contributed by atoms with Crippen LogP contribution in [0.15, 0.2) is 12.5 Å². The Balaban J connectivity index is 1.95. The Morgan fingerprint density at radius 3 is 3.10 bits per heavy atom. The number of nitrogens with two attached hydrogens (primary N) is 1. The third-order valence-corrected chi connectivity index (χ3v) is 3.64. The van der Waals surface area contributed by atoms with Gasteiger partial charge in [0.2, 0.25) is 5.91 Å². The molecule has 0 saturated carbocycles. The van der Waals surface area contributed by atoms with E-state index in [0.29, 0.717) is 18.3 Å². The average Bonchev–Trinajstić information content (AvgIpc) is 2.46. The van der Waals surface area contributed by atoms with E-state index in [-0.39, 0.29) is 17.9 Å². The van der Waals surface area contributed by atoms with Crippen LogP contribution in [0.5, 0.6) is 0 Å². The van der Waals surface area contributed by atoms with Crippen molar-refractivity contribution in [3.63, 3.8) is 0 Å². The molecule has 20 heavy (non-hydrogen) atoms. The molecule has 0 aliphatic carbocycles. The number of hydrogen-bond acceptors (Lipinski definition) is 5. The van der Waals surface area contributed by atoms with Crippen molar-refractivity contribution in [2.24, 2.45) is 11.8 Å². The summed E-state index contributed by atoms with van der Waals surface area (Å²) >= 11 is 0. The first-order valence-electron chi connectivity index (χ1n) is 7.03. The molecule has 1 aliphatic heterocycles. The Morgan fingerprint density at radius 1 is 1.60 bits per heavy atom. The Hall–Kier alpha value is -1.69. The van der Waals surface area contributed by atoms with Crippen molar-refractivity contribution in [3.05, 3.63) is 18.1 Å². The van der Waals surface area contributed by atoms with Crippen molar-refractivity contribution in [1.82, 2.24) is 15.3 Å². The van der Waals surface area contributed by atoms with Crippen molar-refractivity contribution in [3.8, 4) is 0 Å². The fraction of sp³-hybridized carbons (Fsp3) is 0.643. The first-order valence-corrected chi connectivity index (χ1v) is 7.03. The highest BCUT2D eigenvalue weighted by Crippen LogP contribution is 2.26. The molecule has 0 radical (unpaired) electrons. The number of nitrogen functional groups attached to an aromatic ring is 1. The molecule has 6 nitrogen and oxygen atoms in total. The summed E-state index contributed by atoms with van der Waals surface area (Å²) in [6, 6.07) is 0. The third-order valence-electron chi connectivity index (χ3n) is 3.64. The van der Waals surface area contributed by atoms with Gasteiger partial charge in [0.1, 0.15) is 12.1 Å². The minimum atomic E-state index is -0.0883. The summed E-state index contributed by atoms with van der Waals surface area (Å²) in [7, 11) is 0. The molecule has 2 unspecified atom stereocenters. The van der Waals surface area contributed by atoms with Crippen LogP contribution in [0.25, 0.3) is 0 Å². The van der Waals surface area contributed by atoms with Crippen molar-refractivity contribution in [2.45, 2.75) is 39.3 Å². The van der Waals surface area contributed by atoms with E-state index in [9.17, 15) is 4.79 Å². The predicted octanol–water partition coefficient (Wildman–Crippen LogP) is 1.13. The van der Waals surface area contributed by atoms with Crippen LogP contribution >= 0.6 is 0 Å². The number of hydrogen-bond donors (Lipinski definition) is 2. The minimum Gasteiger partial charge on any atom is -0.383 e. The van der Waals surface area contributed by atoms with E-state index in [1.165, 1.54) is 6.33 Å². The zero-order chi connectivity index (χ0) is 14.5. The molecule has 0 spiro atoms. The fourth-order valence-corrected chi connectivity index (χ4v) is 2.56. The second-order valence-electron chi connectivity index (χ2n) is 5.48. The van der Waals surface area contributed by atoms with Crippen LogP contribution in [0.3, 0.4) is 0 Å². The lowest BCUT2D eigenvalue weighted by molar-refractivity contribution is -0.137. The summed E-state index contributed by atoms with van der Waals surface area (Å²) in [6.07, 6.45) is 4.81. The largest absolute Gasteiger partial charge is 0.383 e. The molecular weight excluding hydrogens is 256 g/mol. The van der Waals surface area contributed by atoms with Crippen molar-refractivity contribution >= 4 is 11.7 Å². The first-order chi connectivity index (χ1) is 9.59. The fourth-order valence-electron chi connectivity index (χ4n) is 2.56. The lowest BCUT2D eigenvalue weighted by Crippen LogP contribution is -2.43. The van der Waals surface area contributed by atoms with E-state index in [2.05, 4.69) is 29.1 Å². The Labute approximate surface area is 119 Å². The summed E-state index contributed by atoms with van der Waals surface area (Å²) in [6.45, 7) is 5.26. The lowest BCUT2D eigenvalue weighted by atomic mass is 9.87. The van der Waals surface area contributed by atoms with Gasteiger partial charge in [-0.1, -0.05) is 13.8 Å². The normalized spacial score (nSPS) is 22.8. The number of nitrogens with one attached hydrogen (secondary N) is 1. The van der Waals surface area contributed by atoms with E-state index in [4.69, 9.17) is 10.5 Å². The summed E-state index contributed by atoms with van der Waals surface area (Å²) in [5.41, 5.74) is 6.47. The zero-order valence-corrected chi connectivity index (χ0v) is 12.0. The molecular formula is C14H22N4O2. The number of amides is 1. The van der Waals surface area contributed by atoms with Gasteiger partial charge in [-0.3, -0.25) is 4.79 Å². The van der Waals surface area contributed by atoms with Crippen LogP contribution in [0.1, 0.15) is 32.3 Å². The number of ether oxygens (including phenoxy) is 1. The van der Waals surface area contributed by atoms with Gasteiger partial charge in [0, 0.05) is 24.9 Å². The molecule has 1 aliphatic rings. The van der Waals surface area contributed by atoms with Gasteiger partial charge in [-0.25, -0.2) is 9.97 Å². The molecule has 1 aromatic heterocycles. The number of nitrogens with zero attached hydrogens (tertiary/aromatic N) is 2. The van der Waals surface area contributed by atoms with E-state index >= 15 is 0 Å². The molecule has 2 rings (SSSR count). The second-order valence-corrected chi connectivity index (χ2v) is 5.48. The Morgan fingerprint density at radius 2 is 2.40 bits per heavy atom. The number of carbonyl (C=O) groups excluding carboxylic acids is 1. The van der Waals surface area contributed by atoms with Gasteiger partial charge in [-0.15, -0.1) is 0 Å². The Bertz CT molecular complexity index is 464. The summed E-state index contributed by atoms with van der Waals surface area (Å²) in [5, 5.41) is 2.92. The molecule has 6 heteroatoms. The van der Waals surface area contributed by atoms with Crippen LogP contribution in [-0.4, -0.2) is 28.6 Å². The topological polar surface area (TPSA) is 90.1 Å². The van der Waals surface area contributed by atoms with Crippen LogP contribution in [0.2, 0.25) is 0 Å². The Kier molecular flexibility index (Phi) is 4.89. The highest BCUT2D eigenvalue weighted by Gasteiger charge is 2.33. The van der Waals surface area contributed by atoms with Gasteiger partial charge in [0.05, 0.1) is 12.0 Å². The quantitative estimate of drug-likeness (QED) is 0.861. The molecule has 0 aromatic carbocycles. The first kappa shape index (κ1) is 14.7. The minimum absolute atomic E-state index is 0.00637. The van der Waals surface area contributed by atoms with Gasteiger partial charge in [-0.05, 0) is 18.8 Å². The number of aromatic nitrogens is 2.